The number of hydrogen-bond donors (Lipinski definition) is 1. The molecular formula is C24H29N3O2. The summed E-state index contributed by atoms with van der Waals surface area (Å²) >= 11 is 0. The van der Waals surface area contributed by atoms with Crippen LogP contribution in [-0.4, -0.2) is 15.7 Å². The molecule has 0 aliphatic rings. The van der Waals surface area contributed by atoms with Crippen molar-refractivity contribution in [3.05, 3.63) is 75.7 Å². The van der Waals surface area contributed by atoms with E-state index in [-0.39, 0.29) is 29.8 Å². The average Bonchev–Trinajstić information content (AvgIpc) is 2.71. The Morgan fingerprint density at radius 3 is 2.34 bits per heavy atom. The van der Waals surface area contributed by atoms with Crippen molar-refractivity contribution in [2.75, 3.05) is 0 Å². The van der Waals surface area contributed by atoms with Gasteiger partial charge in [-0.3, -0.25) is 9.59 Å². The second kappa shape index (κ2) is 9.03. The van der Waals surface area contributed by atoms with Gasteiger partial charge in [0.05, 0.1) is 23.5 Å². The van der Waals surface area contributed by atoms with Gasteiger partial charge < -0.3 is 5.32 Å². The SMILES string of the molecule is CCCc1ccc(C(NC(=O)Cc2nn(C)c(=O)c3ccccc23)C(C)C)cc1. The summed E-state index contributed by atoms with van der Waals surface area (Å²) in [6.45, 7) is 6.37. The Morgan fingerprint density at radius 2 is 1.72 bits per heavy atom. The van der Waals surface area contributed by atoms with E-state index >= 15 is 0 Å². The number of hydrogen-bond acceptors (Lipinski definition) is 3. The van der Waals surface area contributed by atoms with E-state index in [1.165, 1.54) is 10.2 Å². The van der Waals surface area contributed by atoms with Gasteiger partial charge in [0.25, 0.3) is 5.56 Å². The van der Waals surface area contributed by atoms with Crippen molar-refractivity contribution in [2.45, 2.75) is 46.1 Å². The zero-order chi connectivity index (χ0) is 21.0. The predicted octanol–water partition coefficient (Wildman–Crippen LogP) is 3.94. The van der Waals surface area contributed by atoms with Crippen LogP contribution >= 0.6 is 0 Å². The van der Waals surface area contributed by atoms with E-state index < -0.39 is 0 Å². The van der Waals surface area contributed by atoms with Crippen LogP contribution in [0.5, 0.6) is 0 Å². The lowest BCUT2D eigenvalue weighted by Gasteiger charge is -2.23. The number of fused-ring (bicyclic) bond motifs is 1. The third kappa shape index (κ3) is 4.73. The normalized spacial score (nSPS) is 12.3. The Hall–Kier alpha value is -2.95. The molecule has 0 aliphatic carbocycles. The number of carbonyl (C=O) groups excluding carboxylic acids is 1. The van der Waals surface area contributed by atoms with Gasteiger partial charge in [-0.05, 0) is 29.5 Å². The number of aryl methyl sites for hydroxylation is 2. The third-order valence-corrected chi connectivity index (χ3v) is 5.22. The first kappa shape index (κ1) is 20.8. The van der Waals surface area contributed by atoms with Crippen LogP contribution in [0.2, 0.25) is 0 Å². The summed E-state index contributed by atoms with van der Waals surface area (Å²) in [5.74, 6) is 0.151. The van der Waals surface area contributed by atoms with Gasteiger partial charge in [0.1, 0.15) is 0 Å². The van der Waals surface area contributed by atoms with E-state index in [4.69, 9.17) is 0 Å². The van der Waals surface area contributed by atoms with E-state index in [1.54, 1.807) is 13.1 Å². The molecule has 0 aliphatic heterocycles. The molecule has 1 aromatic heterocycles. The Kier molecular flexibility index (Phi) is 6.47. The van der Waals surface area contributed by atoms with Crippen molar-refractivity contribution in [1.82, 2.24) is 15.1 Å². The number of nitrogens with zero attached hydrogens (tertiary/aromatic N) is 2. The van der Waals surface area contributed by atoms with Crippen LogP contribution in [-0.2, 0) is 24.7 Å². The number of nitrogens with one attached hydrogen (secondary N) is 1. The zero-order valence-corrected chi connectivity index (χ0v) is 17.6. The molecule has 0 saturated heterocycles. The third-order valence-electron chi connectivity index (χ3n) is 5.22. The van der Waals surface area contributed by atoms with Gasteiger partial charge in [-0.15, -0.1) is 0 Å². The molecule has 1 heterocycles. The van der Waals surface area contributed by atoms with Crippen LogP contribution in [0.4, 0.5) is 0 Å². The lowest BCUT2D eigenvalue weighted by atomic mass is 9.94. The molecule has 0 bridgehead atoms. The molecule has 5 nitrogen and oxygen atoms in total. The van der Waals surface area contributed by atoms with Crippen LogP contribution < -0.4 is 10.9 Å². The van der Waals surface area contributed by atoms with Crippen molar-refractivity contribution < 1.29 is 4.79 Å². The molecule has 2 aromatic carbocycles. The molecule has 0 spiro atoms. The number of amides is 1. The quantitative estimate of drug-likeness (QED) is 0.663. The highest BCUT2D eigenvalue weighted by molar-refractivity contribution is 5.88. The average molecular weight is 392 g/mol. The standard InChI is InChI=1S/C24H29N3O2/c1-5-8-17-11-13-18(14-12-17)23(16(2)3)25-22(28)15-21-19-9-6-7-10-20(19)24(29)27(4)26-21/h6-7,9-14,16,23H,5,8,15H2,1-4H3,(H,25,28). The van der Waals surface area contributed by atoms with Gasteiger partial charge in [0.2, 0.25) is 5.91 Å². The maximum Gasteiger partial charge on any atom is 0.274 e. The van der Waals surface area contributed by atoms with Crippen LogP contribution in [0.25, 0.3) is 10.8 Å². The fraction of sp³-hybridized carbons (Fsp3) is 0.375. The van der Waals surface area contributed by atoms with Crippen LogP contribution in [0.3, 0.4) is 0 Å². The monoisotopic (exact) mass is 391 g/mol. The van der Waals surface area contributed by atoms with Gasteiger partial charge in [-0.1, -0.05) is 69.7 Å². The Morgan fingerprint density at radius 1 is 1.07 bits per heavy atom. The van der Waals surface area contributed by atoms with Gasteiger partial charge >= 0.3 is 0 Å². The lowest BCUT2D eigenvalue weighted by Crippen LogP contribution is -2.33. The number of benzene rings is 2. The van der Waals surface area contributed by atoms with E-state index in [0.29, 0.717) is 11.1 Å². The van der Waals surface area contributed by atoms with E-state index in [0.717, 1.165) is 23.8 Å². The minimum atomic E-state index is -0.156. The summed E-state index contributed by atoms with van der Waals surface area (Å²) in [5.41, 5.74) is 2.87. The molecule has 0 fully saturated rings. The highest BCUT2D eigenvalue weighted by Gasteiger charge is 2.20. The number of carbonyl (C=O) groups is 1. The largest absolute Gasteiger partial charge is 0.349 e. The van der Waals surface area contributed by atoms with Crippen LogP contribution in [0, 0.1) is 5.92 Å². The highest BCUT2D eigenvalue weighted by Crippen LogP contribution is 2.23. The lowest BCUT2D eigenvalue weighted by molar-refractivity contribution is -0.121. The highest BCUT2D eigenvalue weighted by atomic mass is 16.2. The van der Waals surface area contributed by atoms with Crippen molar-refractivity contribution in [3.63, 3.8) is 0 Å². The molecule has 1 amide bonds. The molecule has 0 saturated carbocycles. The van der Waals surface area contributed by atoms with Crippen LogP contribution in [0.15, 0.2) is 53.3 Å². The minimum Gasteiger partial charge on any atom is -0.349 e. The van der Waals surface area contributed by atoms with Gasteiger partial charge in [0, 0.05) is 12.4 Å². The van der Waals surface area contributed by atoms with Crippen molar-refractivity contribution >= 4 is 16.7 Å². The fourth-order valence-corrected chi connectivity index (χ4v) is 3.70. The summed E-state index contributed by atoms with van der Waals surface area (Å²) in [6.07, 6.45) is 2.31. The molecule has 5 heteroatoms. The van der Waals surface area contributed by atoms with Gasteiger partial charge in [0.15, 0.2) is 0 Å². The summed E-state index contributed by atoms with van der Waals surface area (Å²) in [7, 11) is 1.62. The maximum absolute atomic E-state index is 12.9. The Bertz CT molecular complexity index is 1050. The van der Waals surface area contributed by atoms with E-state index in [9.17, 15) is 9.59 Å². The summed E-state index contributed by atoms with van der Waals surface area (Å²) < 4.78 is 1.30. The van der Waals surface area contributed by atoms with Crippen molar-refractivity contribution in [3.8, 4) is 0 Å². The summed E-state index contributed by atoms with van der Waals surface area (Å²) in [5, 5.41) is 8.82. The van der Waals surface area contributed by atoms with E-state index in [1.807, 2.05) is 18.2 Å². The molecule has 3 rings (SSSR count). The summed E-state index contributed by atoms with van der Waals surface area (Å²) in [4.78, 5) is 25.2. The first-order valence-electron chi connectivity index (χ1n) is 10.2. The smallest absolute Gasteiger partial charge is 0.274 e. The first-order valence-corrected chi connectivity index (χ1v) is 10.2. The molecule has 1 N–H and O–H groups in total. The topological polar surface area (TPSA) is 64.0 Å². The van der Waals surface area contributed by atoms with Crippen LogP contribution in [0.1, 0.15) is 50.1 Å². The molecule has 3 aromatic rings. The first-order chi connectivity index (χ1) is 13.9. The Labute approximate surface area is 171 Å². The fourth-order valence-electron chi connectivity index (χ4n) is 3.70. The predicted molar refractivity (Wildman–Crippen MR) is 117 cm³/mol. The number of rotatable bonds is 7. The van der Waals surface area contributed by atoms with Gasteiger partial charge in [-0.2, -0.15) is 5.10 Å². The second-order valence-corrected chi connectivity index (χ2v) is 7.88. The Balaban J connectivity index is 1.82. The molecule has 1 unspecified atom stereocenters. The second-order valence-electron chi connectivity index (χ2n) is 7.88. The molecular weight excluding hydrogens is 362 g/mol. The summed E-state index contributed by atoms with van der Waals surface area (Å²) in [6, 6.07) is 15.7. The molecule has 152 valence electrons. The molecule has 29 heavy (non-hydrogen) atoms. The minimum absolute atomic E-state index is 0.0722. The van der Waals surface area contributed by atoms with E-state index in [2.05, 4.69) is 55.5 Å². The molecule has 0 radical (unpaired) electrons. The number of aromatic nitrogens is 2. The van der Waals surface area contributed by atoms with Crippen molar-refractivity contribution in [1.29, 1.82) is 0 Å². The molecule has 1 atom stereocenters. The maximum atomic E-state index is 12.9. The van der Waals surface area contributed by atoms with Crippen molar-refractivity contribution in [2.24, 2.45) is 13.0 Å². The zero-order valence-electron chi connectivity index (χ0n) is 17.6. The van der Waals surface area contributed by atoms with Gasteiger partial charge in [-0.25, -0.2) is 4.68 Å².